The monoisotopic (exact) mass is 536 g/mol. The van der Waals surface area contributed by atoms with Crippen LogP contribution in [0.1, 0.15) is 22.7 Å². The second-order valence-electron chi connectivity index (χ2n) is 8.32. The third-order valence-electron chi connectivity index (χ3n) is 6.15. The van der Waals surface area contributed by atoms with E-state index < -0.39 is 0 Å². The molecular formula is C27H25FN4O3S2. The van der Waals surface area contributed by atoms with E-state index >= 15 is 0 Å². The van der Waals surface area contributed by atoms with E-state index in [4.69, 9.17) is 9.47 Å². The molecule has 1 amide bonds. The van der Waals surface area contributed by atoms with Gasteiger partial charge in [-0.05, 0) is 47.4 Å². The van der Waals surface area contributed by atoms with Crippen molar-refractivity contribution < 1.29 is 18.7 Å². The number of hydrogen-bond acceptors (Lipinski definition) is 8. The predicted octanol–water partition coefficient (Wildman–Crippen LogP) is 5.70. The predicted molar refractivity (Wildman–Crippen MR) is 144 cm³/mol. The number of carbonyl (C=O) groups excluding carboxylic acids is 1. The summed E-state index contributed by atoms with van der Waals surface area (Å²) < 4.78 is 25.6. The first-order chi connectivity index (χ1) is 18.1. The third kappa shape index (κ3) is 5.40. The molecule has 0 fully saturated rings. The van der Waals surface area contributed by atoms with Crippen LogP contribution < -0.4 is 14.8 Å². The molecule has 37 heavy (non-hydrogen) atoms. The molecule has 1 unspecified atom stereocenters. The van der Waals surface area contributed by atoms with Gasteiger partial charge in [0.25, 0.3) is 0 Å². The molecule has 0 saturated heterocycles. The highest BCUT2D eigenvalue weighted by Crippen LogP contribution is 2.41. The Labute approximate surface area is 222 Å². The molecule has 2 heterocycles. The van der Waals surface area contributed by atoms with Gasteiger partial charge in [0.1, 0.15) is 5.82 Å². The number of methoxy groups -OCH3 is 2. The second kappa shape index (κ2) is 11.2. The van der Waals surface area contributed by atoms with Gasteiger partial charge < -0.3 is 19.7 Å². The van der Waals surface area contributed by atoms with Gasteiger partial charge in [0.15, 0.2) is 15.8 Å². The Hall–Kier alpha value is -3.63. The van der Waals surface area contributed by atoms with Gasteiger partial charge in [-0.15, -0.1) is 10.2 Å². The Morgan fingerprint density at radius 1 is 1.08 bits per heavy atom. The molecule has 1 N–H and O–H groups in total. The quantitative estimate of drug-likeness (QED) is 0.289. The number of nitrogens with zero attached hydrogens (tertiary/aromatic N) is 3. The van der Waals surface area contributed by atoms with Gasteiger partial charge in [-0.25, -0.2) is 4.39 Å². The molecule has 3 aromatic carbocycles. The molecule has 1 aromatic heterocycles. The zero-order valence-electron chi connectivity index (χ0n) is 20.3. The van der Waals surface area contributed by atoms with Gasteiger partial charge in [-0.2, -0.15) is 0 Å². The molecule has 0 bridgehead atoms. The Kier molecular flexibility index (Phi) is 7.57. The standard InChI is InChI=1S/C27H25FN4O3S2/c1-34-22-14-18-12-13-32(25(17-8-4-3-5-9-17)19(18)15-23(22)35-2)24(33)16-36-27-31-30-26(37-27)29-21-11-7-6-10-20(21)28/h3-11,14-15,25H,12-13,16H2,1-2H3,(H,29,30). The van der Waals surface area contributed by atoms with Crippen LogP contribution in [0, 0.1) is 5.82 Å². The molecule has 0 saturated carbocycles. The van der Waals surface area contributed by atoms with Gasteiger partial charge in [0, 0.05) is 6.54 Å². The number of hydrogen-bond donors (Lipinski definition) is 1. The summed E-state index contributed by atoms with van der Waals surface area (Å²) in [7, 11) is 3.24. The maximum absolute atomic E-state index is 13.9. The van der Waals surface area contributed by atoms with Crippen molar-refractivity contribution in [1.82, 2.24) is 15.1 Å². The van der Waals surface area contributed by atoms with E-state index in [1.54, 1.807) is 32.4 Å². The Morgan fingerprint density at radius 3 is 2.57 bits per heavy atom. The van der Waals surface area contributed by atoms with E-state index in [1.807, 2.05) is 47.4 Å². The van der Waals surface area contributed by atoms with Crippen molar-refractivity contribution in [3.63, 3.8) is 0 Å². The maximum atomic E-state index is 13.9. The van der Waals surface area contributed by atoms with Gasteiger partial charge in [0.05, 0.1) is 31.7 Å². The largest absolute Gasteiger partial charge is 0.493 e. The first-order valence-corrected chi connectivity index (χ1v) is 13.4. The minimum Gasteiger partial charge on any atom is -0.493 e. The summed E-state index contributed by atoms with van der Waals surface area (Å²) in [5.41, 5.74) is 3.52. The Morgan fingerprint density at radius 2 is 1.81 bits per heavy atom. The van der Waals surface area contributed by atoms with Crippen molar-refractivity contribution in [2.45, 2.75) is 16.8 Å². The van der Waals surface area contributed by atoms with Gasteiger partial charge in [-0.1, -0.05) is 65.6 Å². The number of halogens is 1. The number of carbonyl (C=O) groups is 1. The number of rotatable bonds is 8. The van der Waals surface area contributed by atoms with Crippen molar-refractivity contribution in [3.8, 4) is 11.5 Å². The van der Waals surface area contributed by atoms with Crippen molar-refractivity contribution >= 4 is 39.8 Å². The summed E-state index contributed by atoms with van der Waals surface area (Å²) in [6, 6.07) is 20.1. The topological polar surface area (TPSA) is 76.6 Å². The lowest BCUT2D eigenvalue weighted by atomic mass is 9.87. The number of benzene rings is 3. The lowest BCUT2D eigenvalue weighted by Gasteiger charge is -2.38. The molecule has 1 aliphatic heterocycles. The summed E-state index contributed by atoms with van der Waals surface area (Å²) in [5, 5.41) is 11.7. The highest BCUT2D eigenvalue weighted by Gasteiger charge is 2.33. The van der Waals surface area contributed by atoms with Gasteiger partial charge in [-0.3, -0.25) is 4.79 Å². The number of nitrogens with one attached hydrogen (secondary N) is 1. The number of aromatic nitrogens is 2. The molecule has 7 nitrogen and oxygen atoms in total. The van der Waals surface area contributed by atoms with Crippen LogP contribution in [0.2, 0.25) is 0 Å². The van der Waals surface area contributed by atoms with E-state index in [0.717, 1.165) is 16.7 Å². The van der Waals surface area contributed by atoms with Crippen LogP contribution in [0.3, 0.4) is 0 Å². The van der Waals surface area contributed by atoms with Crippen LogP contribution in [0.15, 0.2) is 71.1 Å². The van der Waals surface area contributed by atoms with Crippen molar-refractivity contribution in [2.24, 2.45) is 0 Å². The minimum absolute atomic E-state index is 0.00176. The van der Waals surface area contributed by atoms with Gasteiger partial charge >= 0.3 is 0 Å². The SMILES string of the molecule is COc1cc2c(cc1OC)C(c1ccccc1)N(C(=O)CSc1nnc(Nc3ccccc3F)s1)CC2. The zero-order chi connectivity index (χ0) is 25.8. The first-order valence-electron chi connectivity index (χ1n) is 11.6. The summed E-state index contributed by atoms with van der Waals surface area (Å²) in [6.07, 6.45) is 0.713. The number of para-hydroxylation sites is 1. The van der Waals surface area contributed by atoms with Crippen molar-refractivity contribution in [2.75, 3.05) is 31.8 Å². The molecule has 4 aromatic rings. The summed E-state index contributed by atoms with van der Waals surface area (Å²) in [5.74, 6) is 1.15. The lowest BCUT2D eigenvalue weighted by molar-refractivity contribution is -0.130. The number of ether oxygens (including phenoxy) is 2. The third-order valence-corrected chi connectivity index (χ3v) is 8.11. The first kappa shape index (κ1) is 25.0. The number of anilines is 2. The van der Waals surface area contributed by atoms with Crippen molar-refractivity contribution in [3.05, 3.63) is 89.2 Å². The van der Waals surface area contributed by atoms with E-state index in [9.17, 15) is 9.18 Å². The average molecular weight is 537 g/mol. The molecule has 0 aliphatic carbocycles. The van der Waals surface area contributed by atoms with Crippen LogP contribution in [-0.4, -0.2) is 47.5 Å². The fourth-order valence-corrected chi connectivity index (χ4v) is 6.06. The highest BCUT2D eigenvalue weighted by molar-refractivity contribution is 8.01. The van der Waals surface area contributed by atoms with Crippen LogP contribution in [0.5, 0.6) is 11.5 Å². The second-order valence-corrected chi connectivity index (χ2v) is 10.5. The number of fused-ring (bicyclic) bond motifs is 1. The Bertz CT molecular complexity index is 1400. The fourth-order valence-electron chi connectivity index (χ4n) is 4.41. The maximum Gasteiger partial charge on any atom is 0.233 e. The molecule has 5 rings (SSSR count). The summed E-state index contributed by atoms with van der Waals surface area (Å²) >= 11 is 2.61. The van der Waals surface area contributed by atoms with Crippen LogP contribution in [-0.2, 0) is 11.2 Å². The number of thioether (sulfide) groups is 1. The minimum atomic E-state index is -0.367. The molecule has 1 atom stereocenters. The Balaban J connectivity index is 1.35. The molecule has 10 heteroatoms. The van der Waals surface area contributed by atoms with Crippen LogP contribution in [0.25, 0.3) is 0 Å². The van der Waals surface area contributed by atoms with Crippen LogP contribution in [0.4, 0.5) is 15.2 Å². The smallest absolute Gasteiger partial charge is 0.233 e. The normalized spacial score (nSPS) is 14.7. The molecular weight excluding hydrogens is 511 g/mol. The highest BCUT2D eigenvalue weighted by atomic mass is 32.2. The number of amides is 1. The van der Waals surface area contributed by atoms with E-state index in [1.165, 1.54) is 29.2 Å². The van der Waals surface area contributed by atoms with E-state index in [2.05, 4.69) is 15.5 Å². The van der Waals surface area contributed by atoms with Crippen molar-refractivity contribution in [1.29, 1.82) is 0 Å². The summed E-state index contributed by atoms with van der Waals surface area (Å²) in [4.78, 5) is 15.4. The summed E-state index contributed by atoms with van der Waals surface area (Å²) in [6.45, 7) is 0.581. The van der Waals surface area contributed by atoms with Crippen LogP contribution >= 0.6 is 23.1 Å². The molecule has 1 aliphatic rings. The molecule has 190 valence electrons. The zero-order valence-corrected chi connectivity index (χ0v) is 21.9. The van der Waals surface area contributed by atoms with Gasteiger partial charge in [0.2, 0.25) is 11.0 Å². The average Bonchev–Trinajstić information content (AvgIpc) is 3.39. The molecule has 0 spiro atoms. The molecule has 0 radical (unpaired) electrons. The van der Waals surface area contributed by atoms with E-state index in [0.29, 0.717) is 39.6 Å². The lowest BCUT2D eigenvalue weighted by Crippen LogP contribution is -2.41. The fraction of sp³-hybridized carbons (Fsp3) is 0.222. The van der Waals surface area contributed by atoms with E-state index in [-0.39, 0.29) is 23.5 Å².